The standard InChI is InChI=1S/C12H19NO4/c14-10(9-3-1-6-17-7-9)13-8-12(11(15)16)4-2-5-12/h9H,1-8H2,(H,13,14)(H,15,16). The molecule has 1 atom stereocenters. The summed E-state index contributed by atoms with van der Waals surface area (Å²) in [6.07, 6.45) is 4.02. The van der Waals surface area contributed by atoms with Gasteiger partial charge < -0.3 is 15.2 Å². The fourth-order valence-electron chi connectivity index (χ4n) is 2.42. The molecule has 0 aromatic carbocycles. The van der Waals surface area contributed by atoms with Gasteiger partial charge in [0.2, 0.25) is 5.91 Å². The Hall–Kier alpha value is -1.10. The summed E-state index contributed by atoms with van der Waals surface area (Å²) >= 11 is 0. The van der Waals surface area contributed by atoms with E-state index in [9.17, 15) is 9.59 Å². The molecular weight excluding hydrogens is 222 g/mol. The second-order valence-electron chi connectivity index (χ2n) is 5.07. The predicted octanol–water partition coefficient (Wildman–Crippen LogP) is 0.784. The van der Waals surface area contributed by atoms with E-state index in [4.69, 9.17) is 9.84 Å². The van der Waals surface area contributed by atoms with Crippen LogP contribution in [0.2, 0.25) is 0 Å². The van der Waals surface area contributed by atoms with Gasteiger partial charge in [-0.15, -0.1) is 0 Å². The quantitative estimate of drug-likeness (QED) is 0.762. The molecule has 2 aliphatic rings. The van der Waals surface area contributed by atoms with Crippen molar-refractivity contribution in [1.29, 1.82) is 0 Å². The number of amides is 1. The van der Waals surface area contributed by atoms with Gasteiger partial charge in [0.15, 0.2) is 0 Å². The van der Waals surface area contributed by atoms with Crippen molar-refractivity contribution in [3.05, 3.63) is 0 Å². The first-order chi connectivity index (χ1) is 8.14. The highest BCUT2D eigenvalue weighted by atomic mass is 16.5. The lowest BCUT2D eigenvalue weighted by Crippen LogP contribution is -2.49. The summed E-state index contributed by atoms with van der Waals surface area (Å²) in [6, 6.07) is 0. The normalized spacial score (nSPS) is 26.9. The van der Waals surface area contributed by atoms with Crippen LogP contribution in [-0.4, -0.2) is 36.7 Å². The molecule has 1 heterocycles. The highest BCUT2D eigenvalue weighted by molar-refractivity contribution is 5.81. The fourth-order valence-corrected chi connectivity index (χ4v) is 2.42. The molecule has 2 N–H and O–H groups in total. The number of carbonyl (C=O) groups is 2. The molecule has 1 saturated carbocycles. The third kappa shape index (κ3) is 2.60. The molecule has 1 aliphatic heterocycles. The lowest BCUT2D eigenvalue weighted by Gasteiger charge is -2.38. The second kappa shape index (κ2) is 5.04. The van der Waals surface area contributed by atoms with Crippen molar-refractivity contribution in [1.82, 2.24) is 5.32 Å². The van der Waals surface area contributed by atoms with Gasteiger partial charge in [-0.2, -0.15) is 0 Å². The number of carbonyl (C=O) groups excluding carboxylic acids is 1. The molecule has 0 bridgehead atoms. The first-order valence-corrected chi connectivity index (χ1v) is 6.23. The van der Waals surface area contributed by atoms with Gasteiger partial charge in [-0.25, -0.2) is 0 Å². The number of rotatable bonds is 4. The topological polar surface area (TPSA) is 75.6 Å². The first-order valence-electron chi connectivity index (χ1n) is 6.23. The number of carboxylic acids is 1. The second-order valence-corrected chi connectivity index (χ2v) is 5.07. The molecule has 0 aromatic heterocycles. The molecule has 96 valence electrons. The molecular formula is C12H19NO4. The molecule has 2 rings (SSSR count). The van der Waals surface area contributed by atoms with Crippen LogP contribution in [0.5, 0.6) is 0 Å². The number of hydrogen-bond acceptors (Lipinski definition) is 3. The minimum absolute atomic E-state index is 0.0581. The number of nitrogens with one attached hydrogen (secondary N) is 1. The maximum absolute atomic E-state index is 11.8. The molecule has 17 heavy (non-hydrogen) atoms. The molecule has 0 radical (unpaired) electrons. The van der Waals surface area contributed by atoms with Gasteiger partial charge in [0.25, 0.3) is 0 Å². The van der Waals surface area contributed by atoms with Crippen LogP contribution in [0.4, 0.5) is 0 Å². The van der Waals surface area contributed by atoms with Crippen LogP contribution in [0.15, 0.2) is 0 Å². The average molecular weight is 241 g/mol. The van der Waals surface area contributed by atoms with Crippen molar-refractivity contribution in [3.63, 3.8) is 0 Å². The lowest BCUT2D eigenvalue weighted by molar-refractivity contribution is -0.154. The Morgan fingerprint density at radius 3 is 2.59 bits per heavy atom. The van der Waals surface area contributed by atoms with Crippen LogP contribution in [0.3, 0.4) is 0 Å². The maximum Gasteiger partial charge on any atom is 0.311 e. The van der Waals surface area contributed by atoms with Gasteiger partial charge in [0.1, 0.15) is 0 Å². The maximum atomic E-state index is 11.8. The Bertz CT molecular complexity index is 306. The van der Waals surface area contributed by atoms with Gasteiger partial charge in [0.05, 0.1) is 17.9 Å². The zero-order valence-corrected chi connectivity index (χ0v) is 9.91. The highest BCUT2D eigenvalue weighted by Crippen LogP contribution is 2.40. The van der Waals surface area contributed by atoms with Crippen LogP contribution >= 0.6 is 0 Å². The van der Waals surface area contributed by atoms with E-state index in [-0.39, 0.29) is 18.4 Å². The fraction of sp³-hybridized carbons (Fsp3) is 0.833. The smallest absolute Gasteiger partial charge is 0.311 e. The summed E-state index contributed by atoms with van der Waals surface area (Å²) in [5.74, 6) is -0.948. The van der Waals surface area contributed by atoms with E-state index >= 15 is 0 Å². The van der Waals surface area contributed by atoms with E-state index in [1.54, 1.807) is 0 Å². The van der Waals surface area contributed by atoms with Crippen molar-refractivity contribution in [3.8, 4) is 0 Å². The van der Waals surface area contributed by atoms with E-state index in [0.717, 1.165) is 25.9 Å². The number of hydrogen-bond donors (Lipinski definition) is 2. The molecule has 0 spiro atoms. The van der Waals surface area contributed by atoms with Gasteiger partial charge in [-0.05, 0) is 25.7 Å². The summed E-state index contributed by atoms with van der Waals surface area (Å²) < 4.78 is 5.25. The average Bonchev–Trinajstić information content (AvgIpc) is 2.28. The van der Waals surface area contributed by atoms with Crippen LogP contribution in [-0.2, 0) is 14.3 Å². The molecule has 5 nitrogen and oxygen atoms in total. The van der Waals surface area contributed by atoms with E-state index < -0.39 is 11.4 Å². The molecule has 5 heteroatoms. The molecule has 1 unspecified atom stereocenters. The number of carboxylic acid groups (broad SMARTS) is 1. The van der Waals surface area contributed by atoms with Gasteiger partial charge in [-0.1, -0.05) is 6.42 Å². The summed E-state index contributed by atoms with van der Waals surface area (Å²) in [5.41, 5.74) is -0.703. The van der Waals surface area contributed by atoms with E-state index in [1.807, 2.05) is 0 Å². The Morgan fingerprint density at radius 1 is 1.35 bits per heavy atom. The zero-order chi connectivity index (χ0) is 12.3. The minimum atomic E-state index is -0.788. The number of ether oxygens (including phenoxy) is 1. The summed E-state index contributed by atoms with van der Waals surface area (Å²) in [6.45, 7) is 1.45. The molecule has 0 aromatic rings. The van der Waals surface area contributed by atoms with Crippen molar-refractivity contribution < 1.29 is 19.4 Å². The summed E-state index contributed by atoms with van der Waals surface area (Å²) in [4.78, 5) is 22.9. The third-order valence-electron chi connectivity index (χ3n) is 3.90. The Labute approximate surface area is 101 Å². The Morgan fingerprint density at radius 2 is 2.12 bits per heavy atom. The van der Waals surface area contributed by atoms with Gasteiger partial charge >= 0.3 is 5.97 Å². The van der Waals surface area contributed by atoms with Gasteiger partial charge in [0, 0.05) is 13.2 Å². The van der Waals surface area contributed by atoms with E-state index in [0.29, 0.717) is 19.4 Å². The summed E-state index contributed by atoms with van der Waals surface area (Å²) in [7, 11) is 0. The molecule has 1 aliphatic carbocycles. The molecule has 1 saturated heterocycles. The van der Waals surface area contributed by atoms with Gasteiger partial charge in [-0.3, -0.25) is 9.59 Å². The Kier molecular flexibility index (Phi) is 3.66. The first kappa shape index (κ1) is 12.4. The lowest BCUT2D eigenvalue weighted by atomic mass is 9.68. The van der Waals surface area contributed by atoms with Crippen molar-refractivity contribution >= 4 is 11.9 Å². The van der Waals surface area contributed by atoms with E-state index in [1.165, 1.54) is 0 Å². The van der Waals surface area contributed by atoms with Crippen molar-refractivity contribution in [2.45, 2.75) is 32.1 Å². The Balaban J connectivity index is 1.80. The predicted molar refractivity (Wildman–Crippen MR) is 60.5 cm³/mol. The largest absolute Gasteiger partial charge is 0.481 e. The van der Waals surface area contributed by atoms with E-state index in [2.05, 4.69) is 5.32 Å². The van der Waals surface area contributed by atoms with Crippen LogP contribution < -0.4 is 5.32 Å². The summed E-state index contributed by atoms with van der Waals surface area (Å²) in [5, 5.41) is 11.9. The molecule has 2 fully saturated rings. The third-order valence-corrected chi connectivity index (χ3v) is 3.90. The van der Waals surface area contributed by atoms with Crippen molar-refractivity contribution in [2.75, 3.05) is 19.8 Å². The zero-order valence-electron chi connectivity index (χ0n) is 9.91. The van der Waals surface area contributed by atoms with Crippen LogP contribution in [0.1, 0.15) is 32.1 Å². The van der Waals surface area contributed by atoms with Crippen LogP contribution in [0, 0.1) is 11.3 Å². The van der Waals surface area contributed by atoms with Crippen molar-refractivity contribution in [2.24, 2.45) is 11.3 Å². The highest BCUT2D eigenvalue weighted by Gasteiger charge is 2.44. The number of aliphatic carboxylic acids is 1. The van der Waals surface area contributed by atoms with Crippen LogP contribution in [0.25, 0.3) is 0 Å². The minimum Gasteiger partial charge on any atom is -0.481 e. The SMILES string of the molecule is O=C(NCC1(C(=O)O)CCC1)C1CCCOC1. The monoisotopic (exact) mass is 241 g/mol. The molecule has 1 amide bonds.